The van der Waals surface area contributed by atoms with Crippen LogP contribution < -0.4 is 5.32 Å². The Morgan fingerprint density at radius 2 is 2.15 bits per heavy atom. The number of rotatable bonds is 8. The van der Waals surface area contributed by atoms with Crippen LogP contribution in [0.3, 0.4) is 0 Å². The van der Waals surface area contributed by atoms with E-state index in [2.05, 4.69) is 10.3 Å². The SMILES string of the molecule is CCNCc1cc(S(=O)(=O)N(CC)CC2CCC2)c[nH]1. The first-order valence-corrected chi connectivity index (χ1v) is 8.90. The molecule has 0 aromatic carbocycles. The van der Waals surface area contributed by atoms with Crippen molar-refractivity contribution in [3.8, 4) is 0 Å². The molecule has 0 saturated heterocycles. The molecule has 5 nitrogen and oxygen atoms in total. The van der Waals surface area contributed by atoms with Gasteiger partial charge in [0.05, 0.1) is 4.90 Å². The zero-order valence-electron chi connectivity index (χ0n) is 12.4. The van der Waals surface area contributed by atoms with Crippen LogP contribution in [0.5, 0.6) is 0 Å². The van der Waals surface area contributed by atoms with E-state index in [4.69, 9.17) is 0 Å². The van der Waals surface area contributed by atoms with Crippen molar-refractivity contribution in [1.29, 1.82) is 0 Å². The van der Waals surface area contributed by atoms with E-state index in [0.29, 0.717) is 30.4 Å². The first-order chi connectivity index (χ1) is 9.57. The number of hydrogen-bond donors (Lipinski definition) is 2. The molecule has 0 radical (unpaired) electrons. The molecule has 1 aliphatic rings. The Kier molecular flexibility index (Phi) is 5.23. The van der Waals surface area contributed by atoms with Crippen molar-refractivity contribution < 1.29 is 8.42 Å². The fourth-order valence-corrected chi connectivity index (χ4v) is 3.98. The molecule has 1 fully saturated rings. The summed E-state index contributed by atoms with van der Waals surface area (Å²) in [6.45, 7) is 6.66. The highest BCUT2D eigenvalue weighted by molar-refractivity contribution is 7.89. The van der Waals surface area contributed by atoms with Crippen LogP contribution in [0.2, 0.25) is 0 Å². The van der Waals surface area contributed by atoms with Gasteiger partial charge in [-0.2, -0.15) is 4.31 Å². The molecule has 2 N–H and O–H groups in total. The molecular formula is C14H25N3O2S. The van der Waals surface area contributed by atoms with Crippen LogP contribution in [0.4, 0.5) is 0 Å². The maximum atomic E-state index is 12.6. The lowest BCUT2D eigenvalue weighted by molar-refractivity contribution is 0.250. The fourth-order valence-electron chi connectivity index (χ4n) is 2.44. The monoisotopic (exact) mass is 299 g/mol. The fraction of sp³-hybridized carbons (Fsp3) is 0.714. The zero-order valence-corrected chi connectivity index (χ0v) is 13.2. The van der Waals surface area contributed by atoms with Gasteiger partial charge in [-0.1, -0.05) is 20.3 Å². The van der Waals surface area contributed by atoms with Gasteiger partial charge in [0.1, 0.15) is 0 Å². The van der Waals surface area contributed by atoms with Gasteiger partial charge in [-0.3, -0.25) is 0 Å². The molecule has 1 aromatic rings. The summed E-state index contributed by atoms with van der Waals surface area (Å²) < 4.78 is 26.8. The maximum absolute atomic E-state index is 12.6. The number of aromatic amines is 1. The molecule has 114 valence electrons. The highest BCUT2D eigenvalue weighted by atomic mass is 32.2. The van der Waals surface area contributed by atoms with E-state index in [9.17, 15) is 8.42 Å². The molecule has 0 bridgehead atoms. The van der Waals surface area contributed by atoms with E-state index in [0.717, 1.165) is 25.1 Å². The van der Waals surface area contributed by atoms with E-state index < -0.39 is 10.0 Å². The van der Waals surface area contributed by atoms with Crippen molar-refractivity contribution in [2.75, 3.05) is 19.6 Å². The van der Waals surface area contributed by atoms with Crippen molar-refractivity contribution in [2.45, 2.75) is 44.6 Å². The largest absolute Gasteiger partial charge is 0.363 e. The van der Waals surface area contributed by atoms with Crippen molar-refractivity contribution in [3.05, 3.63) is 18.0 Å². The summed E-state index contributed by atoms with van der Waals surface area (Å²) in [7, 11) is -3.35. The molecule has 1 saturated carbocycles. The van der Waals surface area contributed by atoms with Crippen LogP contribution in [0.25, 0.3) is 0 Å². The van der Waals surface area contributed by atoms with E-state index in [1.54, 1.807) is 16.6 Å². The van der Waals surface area contributed by atoms with Gasteiger partial charge >= 0.3 is 0 Å². The summed E-state index contributed by atoms with van der Waals surface area (Å²) in [4.78, 5) is 3.42. The average molecular weight is 299 g/mol. The van der Waals surface area contributed by atoms with Crippen LogP contribution in [0.15, 0.2) is 17.2 Å². The Labute approximate surface area is 121 Å². The molecule has 1 aromatic heterocycles. The predicted octanol–water partition coefficient (Wildman–Crippen LogP) is 1.93. The van der Waals surface area contributed by atoms with Gasteiger partial charge in [-0.15, -0.1) is 0 Å². The number of aromatic nitrogens is 1. The second-order valence-corrected chi connectivity index (χ2v) is 7.33. The van der Waals surface area contributed by atoms with E-state index in [1.165, 1.54) is 6.42 Å². The normalized spacial score (nSPS) is 16.6. The van der Waals surface area contributed by atoms with Gasteiger partial charge in [0, 0.05) is 31.5 Å². The number of sulfonamides is 1. The summed E-state index contributed by atoms with van der Waals surface area (Å²) in [5, 5.41) is 3.18. The Morgan fingerprint density at radius 1 is 1.40 bits per heavy atom. The first kappa shape index (κ1) is 15.5. The smallest absolute Gasteiger partial charge is 0.244 e. The second-order valence-electron chi connectivity index (χ2n) is 5.39. The lowest BCUT2D eigenvalue weighted by Crippen LogP contribution is -2.37. The molecular weight excluding hydrogens is 274 g/mol. The standard InChI is InChI=1S/C14H25N3O2S/c1-3-15-9-13-8-14(10-16-13)20(18,19)17(4-2)11-12-6-5-7-12/h8,10,12,15-16H,3-7,9,11H2,1-2H3. The van der Waals surface area contributed by atoms with Crippen molar-refractivity contribution in [2.24, 2.45) is 5.92 Å². The topological polar surface area (TPSA) is 65.2 Å². The molecule has 0 aliphatic heterocycles. The molecule has 0 unspecified atom stereocenters. The van der Waals surface area contributed by atoms with Crippen molar-refractivity contribution in [1.82, 2.24) is 14.6 Å². The second kappa shape index (κ2) is 6.74. The minimum absolute atomic E-state index is 0.381. The molecule has 6 heteroatoms. The first-order valence-electron chi connectivity index (χ1n) is 7.46. The highest BCUT2D eigenvalue weighted by Gasteiger charge is 2.29. The summed E-state index contributed by atoms with van der Waals surface area (Å²) in [6, 6.07) is 1.74. The van der Waals surface area contributed by atoms with Crippen LogP contribution >= 0.6 is 0 Å². The van der Waals surface area contributed by atoms with E-state index in [-0.39, 0.29) is 0 Å². The molecule has 0 spiro atoms. The van der Waals surface area contributed by atoms with Gasteiger partial charge in [-0.05, 0) is 31.4 Å². The van der Waals surface area contributed by atoms with E-state index >= 15 is 0 Å². The third kappa shape index (κ3) is 3.42. The Hall–Kier alpha value is -0.850. The molecule has 0 amide bonds. The van der Waals surface area contributed by atoms with Crippen molar-refractivity contribution in [3.63, 3.8) is 0 Å². The maximum Gasteiger partial charge on any atom is 0.244 e. The minimum Gasteiger partial charge on any atom is -0.363 e. The van der Waals surface area contributed by atoms with E-state index in [1.807, 2.05) is 13.8 Å². The third-order valence-corrected chi connectivity index (χ3v) is 5.88. The molecule has 2 rings (SSSR count). The van der Waals surface area contributed by atoms with Gasteiger partial charge in [0.2, 0.25) is 10.0 Å². The molecule has 0 atom stereocenters. The average Bonchev–Trinajstić information content (AvgIpc) is 2.84. The van der Waals surface area contributed by atoms with Crippen LogP contribution in [0.1, 0.15) is 38.8 Å². The molecule has 1 aliphatic carbocycles. The van der Waals surface area contributed by atoms with Crippen molar-refractivity contribution >= 4 is 10.0 Å². The predicted molar refractivity (Wildman–Crippen MR) is 79.9 cm³/mol. The van der Waals surface area contributed by atoms with Gasteiger partial charge < -0.3 is 10.3 Å². The Bertz CT molecular complexity index is 520. The van der Waals surface area contributed by atoms with Gasteiger partial charge in [-0.25, -0.2) is 8.42 Å². The summed E-state index contributed by atoms with van der Waals surface area (Å²) >= 11 is 0. The lowest BCUT2D eigenvalue weighted by Gasteiger charge is -2.30. The van der Waals surface area contributed by atoms with Gasteiger partial charge in [0.15, 0.2) is 0 Å². The molecule has 20 heavy (non-hydrogen) atoms. The third-order valence-electron chi connectivity index (χ3n) is 3.96. The van der Waals surface area contributed by atoms with Crippen LogP contribution in [-0.4, -0.2) is 37.3 Å². The van der Waals surface area contributed by atoms with Crippen LogP contribution in [-0.2, 0) is 16.6 Å². The molecule has 1 heterocycles. The summed E-state index contributed by atoms with van der Waals surface area (Å²) in [6.07, 6.45) is 5.15. The quantitative estimate of drug-likeness (QED) is 0.771. The Morgan fingerprint density at radius 3 is 2.70 bits per heavy atom. The van der Waals surface area contributed by atoms with Gasteiger partial charge in [0.25, 0.3) is 0 Å². The number of nitrogens with one attached hydrogen (secondary N) is 2. The number of H-pyrrole nitrogens is 1. The number of hydrogen-bond acceptors (Lipinski definition) is 3. The lowest BCUT2D eigenvalue weighted by atomic mass is 9.85. The van der Waals surface area contributed by atoms with Crippen LogP contribution in [0, 0.1) is 5.92 Å². The Balaban J connectivity index is 2.08. The summed E-state index contributed by atoms with van der Waals surface area (Å²) in [5.41, 5.74) is 0.908. The minimum atomic E-state index is -3.35. The summed E-state index contributed by atoms with van der Waals surface area (Å²) in [5.74, 6) is 0.546. The highest BCUT2D eigenvalue weighted by Crippen LogP contribution is 2.29. The number of nitrogens with zero attached hydrogens (tertiary/aromatic N) is 1. The zero-order chi connectivity index (χ0) is 14.6.